The van der Waals surface area contributed by atoms with Gasteiger partial charge in [0.2, 0.25) is 5.91 Å². The number of rotatable bonds is 7. The topological polar surface area (TPSA) is 83.5 Å². The van der Waals surface area contributed by atoms with Crippen molar-refractivity contribution in [2.75, 3.05) is 0 Å². The minimum Gasteiger partial charge on any atom is -0.392 e. The van der Waals surface area contributed by atoms with E-state index in [4.69, 9.17) is 5.73 Å². The lowest BCUT2D eigenvalue weighted by Gasteiger charge is -2.19. The normalized spacial score (nSPS) is 32.4. The van der Waals surface area contributed by atoms with Crippen molar-refractivity contribution in [2.24, 2.45) is 29.4 Å². The first-order valence-corrected chi connectivity index (χ1v) is 9.32. The van der Waals surface area contributed by atoms with Crippen LogP contribution in [0.3, 0.4) is 0 Å². The molecule has 0 aromatic rings. The van der Waals surface area contributed by atoms with E-state index in [-0.39, 0.29) is 23.8 Å². The van der Waals surface area contributed by atoms with E-state index in [2.05, 4.69) is 17.9 Å². The molecule has 4 nitrogen and oxygen atoms in total. The Hall–Kier alpha value is -1.57. The molecule has 0 saturated heterocycles. The van der Waals surface area contributed by atoms with Gasteiger partial charge < -0.3 is 15.9 Å². The van der Waals surface area contributed by atoms with Gasteiger partial charge in [0, 0.05) is 18.8 Å². The molecule has 0 aliphatic heterocycles. The van der Waals surface area contributed by atoms with Gasteiger partial charge in [-0.05, 0) is 50.4 Å². The van der Waals surface area contributed by atoms with Crippen molar-refractivity contribution in [1.29, 1.82) is 0 Å². The van der Waals surface area contributed by atoms with Gasteiger partial charge in [0.15, 0.2) is 0 Å². The van der Waals surface area contributed by atoms with Gasteiger partial charge in [-0.25, -0.2) is 0 Å². The average Bonchev–Trinajstić information content (AvgIpc) is 3.06. The van der Waals surface area contributed by atoms with Crippen LogP contribution >= 0.6 is 0 Å². The second-order valence-corrected chi connectivity index (χ2v) is 7.56. The number of nitrogens with two attached hydrogens (primary N) is 1. The van der Waals surface area contributed by atoms with E-state index in [1.54, 1.807) is 6.92 Å². The fourth-order valence-electron chi connectivity index (χ4n) is 4.17. The summed E-state index contributed by atoms with van der Waals surface area (Å²) in [6.45, 7) is 3.79. The Morgan fingerprint density at radius 3 is 2.88 bits per heavy atom. The zero-order chi connectivity index (χ0) is 18.4. The summed E-state index contributed by atoms with van der Waals surface area (Å²) < 4.78 is 0. The minimum atomic E-state index is -0.529. The second kappa shape index (κ2) is 9.22. The minimum absolute atomic E-state index is 0.0888. The van der Waals surface area contributed by atoms with Gasteiger partial charge in [0.25, 0.3) is 0 Å². The molecule has 0 aromatic carbocycles. The van der Waals surface area contributed by atoms with Crippen LogP contribution in [0.15, 0.2) is 23.8 Å². The molecule has 0 spiro atoms. The molecule has 25 heavy (non-hydrogen) atoms. The third-order valence-corrected chi connectivity index (χ3v) is 5.65. The first kappa shape index (κ1) is 19.8. The van der Waals surface area contributed by atoms with Gasteiger partial charge in [-0.15, -0.1) is 11.8 Å². The summed E-state index contributed by atoms with van der Waals surface area (Å²) in [7, 11) is 0. The second-order valence-electron chi connectivity index (χ2n) is 7.56. The lowest BCUT2D eigenvalue weighted by atomic mass is 9.89. The maximum Gasteiger partial charge on any atom is 0.217 e. The Kier molecular flexibility index (Phi) is 7.28. The van der Waals surface area contributed by atoms with Crippen molar-refractivity contribution < 1.29 is 15.0 Å². The predicted octanol–water partition coefficient (Wildman–Crippen LogP) is 2.55. The SMILES string of the molecule is CC#CC[C@@H](C)[C@H](O)C=C[C@@H]1[C@H]2CC(=CCCC(N)=O)C[C@H]2C[C@H]1O. The number of fused-ring (bicyclic) bond motifs is 1. The molecule has 0 bridgehead atoms. The fraction of sp³-hybridized carbons (Fsp3) is 0.667. The predicted molar refractivity (Wildman–Crippen MR) is 99.2 cm³/mol. The lowest BCUT2D eigenvalue weighted by Crippen LogP contribution is -2.19. The number of hydrogen-bond acceptors (Lipinski definition) is 3. The molecule has 4 N–H and O–H groups in total. The highest BCUT2D eigenvalue weighted by atomic mass is 16.3. The third-order valence-electron chi connectivity index (χ3n) is 5.65. The van der Waals surface area contributed by atoms with E-state index in [1.165, 1.54) is 5.57 Å². The summed E-state index contributed by atoms with van der Waals surface area (Å²) in [5, 5.41) is 20.6. The van der Waals surface area contributed by atoms with E-state index in [1.807, 2.05) is 19.1 Å². The van der Waals surface area contributed by atoms with Crippen molar-refractivity contribution >= 4 is 5.91 Å². The number of amides is 1. The van der Waals surface area contributed by atoms with Crippen LogP contribution in [0.5, 0.6) is 0 Å². The smallest absolute Gasteiger partial charge is 0.217 e. The van der Waals surface area contributed by atoms with Gasteiger partial charge in [-0.2, -0.15) is 0 Å². The van der Waals surface area contributed by atoms with Crippen LogP contribution in [0.1, 0.15) is 52.4 Å². The molecular weight excluding hydrogens is 314 g/mol. The van der Waals surface area contributed by atoms with E-state index in [0.29, 0.717) is 31.1 Å². The molecule has 0 heterocycles. The van der Waals surface area contributed by atoms with Crippen molar-refractivity contribution in [1.82, 2.24) is 0 Å². The summed E-state index contributed by atoms with van der Waals surface area (Å²) in [4.78, 5) is 10.9. The van der Waals surface area contributed by atoms with Crippen LogP contribution in [0.2, 0.25) is 0 Å². The molecule has 2 fully saturated rings. The zero-order valence-electron chi connectivity index (χ0n) is 15.3. The molecule has 4 heteroatoms. The van der Waals surface area contributed by atoms with Crippen molar-refractivity contribution in [3.8, 4) is 11.8 Å². The Labute approximate surface area is 151 Å². The van der Waals surface area contributed by atoms with Crippen LogP contribution < -0.4 is 5.73 Å². The molecular formula is C21H31NO3. The highest BCUT2D eigenvalue weighted by molar-refractivity contribution is 5.73. The van der Waals surface area contributed by atoms with Crippen LogP contribution in [0, 0.1) is 35.5 Å². The third kappa shape index (κ3) is 5.45. The summed E-state index contributed by atoms with van der Waals surface area (Å²) >= 11 is 0. The number of aliphatic hydroxyl groups excluding tert-OH is 2. The average molecular weight is 345 g/mol. The van der Waals surface area contributed by atoms with E-state index < -0.39 is 6.10 Å². The highest BCUT2D eigenvalue weighted by Gasteiger charge is 2.44. The largest absolute Gasteiger partial charge is 0.392 e. The Balaban J connectivity index is 1.93. The fourth-order valence-corrected chi connectivity index (χ4v) is 4.17. The van der Waals surface area contributed by atoms with Gasteiger partial charge in [-0.1, -0.05) is 30.7 Å². The van der Waals surface area contributed by atoms with Crippen LogP contribution in [-0.2, 0) is 4.79 Å². The van der Waals surface area contributed by atoms with Crippen molar-refractivity contribution in [3.05, 3.63) is 23.8 Å². The number of allylic oxidation sites excluding steroid dienone is 2. The zero-order valence-corrected chi connectivity index (χ0v) is 15.3. The molecule has 138 valence electrons. The maximum absolute atomic E-state index is 10.9. The monoisotopic (exact) mass is 345 g/mol. The van der Waals surface area contributed by atoms with Gasteiger partial charge >= 0.3 is 0 Å². The van der Waals surface area contributed by atoms with Gasteiger partial charge in [-0.3, -0.25) is 4.79 Å². The summed E-state index contributed by atoms with van der Waals surface area (Å²) in [6, 6.07) is 0. The van der Waals surface area contributed by atoms with E-state index in [0.717, 1.165) is 19.3 Å². The summed E-state index contributed by atoms with van der Waals surface area (Å²) in [5.74, 6) is 6.73. The van der Waals surface area contributed by atoms with Gasteiger partial charge in [0.05, 0.1) is 12.2 Å². The Bertz CT molecular complexity index is 584. The number of primary amides is 1. The maximum atomic E-state index is 10.9. The Morgan fingerprint density at radius 1 is 1.44 bits per heavy atom. The van der Waals surface area contributed by atoms with Crippen molar-refractivity contribution in [2.45, 2.75) is 64.6 Å². The Morgan fingerprint density at radius 2 is 2.20 bits per heavy atom. The highest BCUT2D eigenvalue weighted by Crippen LogP contribution is 2.50. The molecule has 2 saturated carbocycles. The summed E-state index contributed by atoms with van der Waals surface area (Å²) in [5.41, 5.74) is 6.57. The number of carbonyl (C=O) groups excluding carboxylic acids is 1. The quantitative estimate of drug-likeness (QED) is 0.490. The van der Waals surface area contributed by atoms with E-state index in [9.17, 15) is 15.0 Å². The lowest BCUT2D eigenvalue weighted by molar-refractivity contribution is -0.117. The molecule has 1 amide bonds. The molecule has 2 aliphatic carbocycles. The summed E-state index contributed by atoms with van der Waals surface area (Å²) in [6.07, 6.45) is 9.74. The first-order valence-electron chi connectivity index (χ1n) is 9.32. The van der Waals surface area contributed by atoms with Crippen LogP contribution in [0.4, 0.5) is 0 Å². The van der Waals surface area contributed by atoms with Crippen LogP contribution in [-0.4, -0.2) is 28.3 Å². The molecule has 6 atom stereocenters. The van der Waals surface area contributed by atoms with Gasteiger partial charge in [0.1, 0.15) is 0 Å². The van der Waals surface area contributed by atoms with Crippen molar-refractivity contribution in [3.63, 3.8) is 0 Å². The van der Waals surface area contributed by atoms with E-state index >= 15 is 0 Å². The number of aliphatic hydroxyl groups is 2. The number of hydrogen-bond donors (Lipinski definition) is 3. The molecule has 0 unspecified atom stereocenters. The first-order chi connectivity index (χ1) is 11.9. The standard InChI is InChI=1S/C21H31NO3/c1-3-4-6-14(2)19(23)10-9-17-18-12-15(7-5-8-21(22)25)11-16(18)13-20(17)24/h7,9-10,14,16-20,23-24H,5-6,8,11-13H2,1-2H3,(H2,22,25)/t14-,16+,17-,18+,19-,20-/m1/s1. The molecule has 2 rings (SSSR count). The molecule has 0 aromatic heterocycles. The number of carbonyl (C=O) groups is 1. The van der Waals surface area contributed by atoms with Crippen LogP contribution in [0.25, 0.3) is 0 Å². The molecule has 2 aliphatic rings. The molecule has 0 radical (unpaired) electrons.